The van der Waals surface area contributed by atoms with Crippen molar-refractivity contribution in [2.75, 3.05) is 46.4 Å². The zero-order valence-corrected chi connectivity index (χ0v) is 17.4. The van der Waals surface area contributed by atoms with E-state index >= 15 is 0 Å². The molecular weight excluding hydrogens is 356 g/mol. The number of carbonyl (C=O) groups excluding carboxylic acids is 1. The van der Waals surface area contributed by atoms with E-state index < -0.39 is 0 Å². The van der Waals surface area contributed by atoms with Gasteiger partial charge in [-0.05, 0) is 50.9 Å². The first-order valence-corrected chi connectivity index (χ1v) is 10.5. The molecule has 0 aromatic carbocycles. The second-order valence-corrected chi connectivity index (χ2v) is 7.83. The Bertz CT molecular complexity index is 640. The molecule has 7 nitrogen and oxygen atoms in total. The van der Waals surface area contributed by atoms with Gasteiger partial charge in [0.15, 0.2) is 5.96 Å². The quantitative estimate of drug-likeness (QED) is 0.457. The Hall–Kier alpha value is -2.02. The smallest absolute Gasteiger partial charge is 0.310 e. The molecule has 0 spiro atoms. The maximum absolute atomic E-state index is 12.1. The van der Waals surface area contributed by atoms with E-state index in [2.05, 4.69) is 29.0 Å². The van der Waals surface area contributed by atoms with Gasteiger partial charge in [0.1, 0.15) is 5.76 Å². The maximum Gasteiger partial charge on any atom is 0.310 e. The molecule has 3 unspecified atom stereocenters. The Morgan fingerprint density at radius 1 is 1.36 bits per heavy atom. The van der Waals surface area contributed by atoms with Crippen LogP contribution in [0.3, 0.4) is 0 Å². The minimum absolute atomic E-state index is 0.100. The number of likely N-dealkylation sites (tertiary alicyclic amines) is 2. The minimum Gasteiger partial charge on any atom is -0.469 e. The average Bonchev–Trinajstić information content (AvgIpc) is 3.37. The third kappa shape index (κ3) is 4.87. The number of guanidine groups is 1. The van der Waals surface area contributed by atoms with Crippen LogP contribution in [0.5, 0.6) is 0 Å². The summed E-state index contributed by atoms with van der Waals surface area (Å²) in [5, 5.41) is 3.40. The van der Waals surface area contributed by atoms with E-state index in [4.69, 9.17) is 14.1 Å². The van der Waals surface area contributed by atoms with Crippen LogP contribution in [0.2, 0.25) is 0 Å². The second-order valence-electron chi connectivity index (χ2n) is 7.83. The highest BCUT2D eigenvalue weighted by molar-refractivity contribution is 5.82. The van der Waals surface area contributed by atoms with Crippen LogP contribution in [-0.4, -0.2) is 68.1 Å². The van der Waals surface area contributed by atoms with Gasteiger partial charge < -0.3 is 19.4 Å². The number of piperidine rings is 1. The summed E-state index contributed by atoms with van der Waals surface area (Å²) in [7, 11) is 1.46. The molecule has 0 amide bonds. The summed E-state index contributed by atoms with van der Waals surface area (Å²) in [5.74, 6) is 1.86. The lowest BCUT2D eigenvalue weighted by Gasteiger charge is -2.33. The number of ether oxygens (including phenoxy) is 1. The van der Waals surface area contributed by atoms with Crippen molar-refractivity contribution in [3.05, 3.63) is 24.2 Å². The van der Waals surface area contributed by atoms with Crippen LogP contribution >= 0.6 is 0 Å². The van der Waals surface area contributed by atoms with Crippen LogP contribution in [0.1, 0.15) is 44.9 Å². The van der Waals surface area contributed by atoms with Gasteiger partial charge in [-0.25, -0.2) is 0 Å². The first-order valence-electron chi connectivity index (χ1n) is 10.5. The van der Waals surface area contributed by atoms with Gasteiger partial charge in [-0.15, -0.1) is 0 Å². The summed E-state index contributed by atoms with van der Waals surface area (Å²) in [4.78, 5) is 21.7. The molecule has 0 aliphatic carbocycles. The summed E-state index contributed by atoms with van der Waals surface area (Å²) >= 11 is 0. The number of carbonyl (C=O) groups is 1. The minimum atomic E-state index is -0.132. The third-order valence-electron chi connectivity index (χ3n) is 5.87. The van der Waals surface area contributed by atoms with Gasteiger partial charge in [-0.1, -0.05) is 13.3 Å². The monoisotopic (exact) mass is 390 g/mol. The van der Waals surface area contributed by atoms with Crippen LogP contribution in [0, 0.1) is 11.8 Å². The molecule has 1 aromatic rings. The number of rotatable bonds is 6. The van der Waals surface area contributed by atoms with Crippen molar-refractivity contribution in [3.8, 4) is 0 Å². The summed E-state index contributed by atoms with van der Waals surface area (Å²) in [6.45, 7) is 9.23. The Morgan fingerprint density at radius 2 is 2.14 bits per heavy atom. The van der Waals surface area contributed by atoms with Gasteiger partial charge >= 0.3 is 5.97 Å². The molecule has 2 fully saturated rings. The molecule has 1 N–H and O–H groups in total. The second kappa shape index (κ2) is 9.96. The highest BCUT2D eigenvalue weighted by Crippen LogP contribution is 2.27. The number of nitrogens with zero attached hydrogens (tertiary/aromatic N) is 3. The first kappa shape index (κ1) is 20.7. The fourth-order valence-electron chi connectivity index (χ4n) is 4.29. The average molecular weight is 391 g/mol. The Labute approximate surface area is 168 Å². The molecular formula is C21H34N4O3. The number of nitrogens with one attached hydrogen (secondary N) is 1. The highest BCUT2D eigenvalue weighted by atomic mass is 16.5. The lowest BCUT2D eigenvalue weighted by Crippen LogP contribution is -2.42. The van der Waals surface area contributed by atoms with Crippen LogP contribution < -0.4 is 5.32 Å². The van der Waals surface area contributed by atoms with Crippen molar-refractivity contribution in [1.29, 1.82) is 0 Å². The van der Waals surface area contributed by atoms with Gasteiger partial charge in [0.05, 0.1) is 31.9 Å². The molecule has 2 aliphatic rings. The van der Waals surface area contributed by atoms with Crippen molar-refractivity contribution in [2.45, 2.75) is 39.2 Å². The molecule has 2 saturated heterocycles. The van der Waals surface area contributed by atoms with Crippen molar-refractivity contribution >= 4 is 11.9 Å². The molecule has 7 heteroatoms. The van der Waals surface area contributed by atoms with E-state index in [0.717, 1.165) is 37.9 Å². The largest absolute Gasteiger partial charge is 0.469 e. The van der Waals surface area contributed by atoms with Gasteiger partial charge in [0, 0.05) is 19.6 Å². The molecule has 3 atom stereocenters. The molecule has 156 valence electrons. The first-order chi connectivity index (χ1) is 13.6. The van der Waals surface area contributed by atoms with E-state index in [1.54, 1.807) is 6.26 Å². The van der Waals surface area contributed by atoms with Crippen LogP contribution in [-0.2, 0) is 9.53 Å². The zero-order valence-electron chi connectivity index (χ0n) is 17.4. The number of aliphatic imine (C=N–C) groups is 1. The molecule has 28 heavy (non-hydrogen) atoms. The molecule has 3 rings (SSSR count). The fourth-order valence-corrected chi connectivity index (χ4v) is 4.29. The van der Waals surface area contributed by atoms with E-state index in [-0.39, 0.29) is 23.8 Å². The maximum atomic E-state index is 12.1. The number of furan rings is 1. The van der Waals surface area contributed by atoms with Crippen LogP contribution in [0.15, 0.2) is 27.8 Å². The number of methoxy groups -OCH3 is 1. The lowest BCUT2D eigenvalue weighted by atomic mass is 9.99. The van der Waals surface area contributed by atoms with Gasteiger partial charge in [0.25, 0.3) is 0 Å². The zero-order chi connectivity index (χ0) is 19.9. The van der Waals surface area contributed by atoms with E-state index in [1.165, 1.54) is 26.4 Å². The predicted molar refractivity (Wildman–Crippen MR) is 109 cm³/mol. The molecule has 0 radical (unpaired) electrons. The van der Waals surface area contributed by atoms with E-state index in [1.807, 2.05) is 12.1 Å². The standard InChI is InChI=1S/C21H34N4O3/c1-4-22-21(25-14-16(2)17(15-25)20(26)27-3)23-13-18(19-9-8-12-28-19)24-10-6-5-7-11-24/h8-9,12,16-18H,4-7,10-11,13-15H2,1-3H3,(H,22,23). The molecule has 3 heterocycles. The van der Waals surface area contributed by atoms with Gasteiger partial charge in [-0.2, -0.15) is 0 Å². The summed E-state index contributed by atoms with van der Waals surface area (Å²) in [6, 6.07) is 4.15. The SMILES string of the molecule is CCNC(=NCC(c1ccco1)N1CCCCC1)N1CC(C)C(C(=O)OC)C1. The lowest BCUT2D eigenvalue weighted by molar-refractivity contribution is -0.145. The number of esters is 1. The molecule has 0 saturated carbocycles. The van der Waals surface area contributed by atoms with Crippen molar-refractivity contribution in [1.82, 2.24) is 15.1 Å². The fraction of sp³-hybridized carbons (Fsp3) is 0.714. The molecule has 2 aliphatic heterocycles. The summed E-state index contributed by atoms with van der Waals surface area (Å²) in [6.07, 6.45) is 5.50. The van der Waals surface area contributed by atoms with Crippen LogP contribution in [0.25, 0.3) is 0 Å². The predicted octanol–water partition coefficient (Wildman–Crippen LogP) is 2.51. The normalized spacial score (nSPS) is 25.0. The van der Waals surface area contributed by atoms with Crippen LogP contribution in [0.4, 0.5) is 0 Å². The topological polar surface area (TPSA) is 70.3 Å². The van der Waals surface area contributed by atoms with Gasteiger partial charge in [-0.3, -0.25) is 14.7 Å². The number of hydrogen-bond donors (Lipinski definition) is 1. The van der Waals surface area contributed by atoms with E-state index in [9.17, 15) is 4.79 Å². The van der Waals surface area contributed by atoms with Crippen molar-refractivity contribution < 1.29 is 13.9 Å². The van der Waals surface area contributed by atoms with E-state index in [0.29, 0.717) is 13.1 Å². The summed E-state index contributed by atoms with van der Waals surface area (Å²) < 4.78 is 10.7. The molecule has 1 aromatic heterocycles. The Balaban J connectivity index is 1.74. The Morgan fingerprint density at radius 3 is 2.79 bits per heavy atom. The summed E-state index contributed by atoms with van der Waals surface area (Å²) in [5.41, 5.74) is 0. The van der Waals surface area contributed by atoms with Crippen molar-refractivity contribution in [3.63, 3.8) is 0 Å². The third-order valence-corrected chi connectivity index (χ3v) is 5.87. The van der Waals surface area contributed by atoms with Crippen molar-refractivity contribution in [2.24, 2.45) is 16.8 Å². The number of hydrogen-bond acceptors (Lipinski definition) is 5. The highest BCUT2D eigenvalue weighted by Gasteiger charge is 2.37. The Kier molecular flexibility index (Phi) is 7.36. The van der Waals surface area contributed by atoms with Gasteiger partial charge in [0.2, 0.25) is 0 Å². The molecule has 0 bridgehead atoms.